The van der Waals surface area contributed by atoms with Crippen LogP contribution in [0.1, 0.15) is 45.4 Å². The number of anilines is 2. The van der Waals surface area contributed by atoms with Crippen LogP contribution in [0.25, 0.3) is 0 Å². The normalized spacial score (nSPS) is 22.3. The predicted molar refractivity (Wildman–Crippen MR) is 127 cm³/mol. The Hall–Kier alpha value is -2.12. The average molecular weight is 443 g/mol. The molecular formula is C25H38N4O3. The maximum absolute atomic E-state index is 12.9. The summed E-state index contributed by atoms with van der Waals surface area (Å²) >= 11 is 0. The van der Waals surface area contributed by atoms with Crippen LogP contribution in [-0.4, -0.2) is 80.1 Å². The van der Waals surface area contributed by atoms with E-state index < -0.39 is 0 Å². The van der Waals surface area contributed by atoms with Crippen molar-refractivity contribution in [2.24, 2.45) is 5.92 Å². The van der Waals surface area contributed by atoms with E-state index in [1.165, 1.54) is 12.8 Å². The van der Waals surface area contributed by atoms with Gasteiger partial charge < -0.3 is 19.9 Å². The van der Waals surface area contributed by atoms with Gasteiger partial charge in [0.1, 0.15) is 0 Å². The molecule has 1 aromatic rings. The van der Waals surface area contributed by atoms with Crippen LogP contribution in [0.2, 0.25) is 0 Å². The molecule has 1 aromatic carbocycles. The standard InChI is InChI=1S/C25H38N4O3/c1-20(24(30)26-22-6-8-23(9-7-22)28-16-18-32-19-17-28)27-14-10-21(11-15-27)25(31)29-12-4-2-3-5-13-29/h6-9,20-21H,2-5,10-19H2,1H3,(H,26,30)/t20-/m1/s1. The lowest BCUT2D eigenvalue weighted by Crippen LogP contribution is -2.48. The predicted octanol–water partition coefficient (Wildman–Crippen LogP) is 2.96. The smallest absolute Gasteiger partial charge is 0.241 e. The number of morpholine rings is 1. The molecule has 1 atom stereocenters. The van der Waals surface area contributed by atoms with Crippen LogP contribution in [0.15, 0.2) is 24.3 Å². The van der Waals surface area contributed by atoms with Crippen LogP contribution in [0.3, 0.4) is 0 Å². The molecule has 0 aromatic heterocycles. The van der Waals surface area contributed by atoms with Crippen molar-refractivity contribution in [3.05, 3.63) is 24.3 Å². The minimum absolute atomic E-state index is 0.0152. The molecule has 0 saturated carbocycles. The first-order valence-corrected chi connectivity index (χ1v) is 12.4. The van der Waals surface area contributed by atoms with E-state index in [0.29, 0.717) is 5.91 Å². The molecule has 0 unspecified atom stereocenters. The van der Waals surface area contributed by atoms with Crippen molar-refractivity contribution >= 4 is 23.2 Å². The Morgan fingerprint density at radius 1 is 0.906 bits per heavy atom. The van der Waals surface area contributed by atoms with Crippen LogP contribution in [0.4, 0.5) is 11.4 Å². The van der Waals surface area contributed by atoms with Crippen molar-refractivity contribution in [1.82, 2.24) is 9.80 Å². The summed E-state index contributed by atoms with van der Waals surface area (Å²) in [6.07, 6.45) is 6.45. The maximum Gasteiger partial charge on any atom is 0.241 e. The van der Waals surface area contributed by atoms with Gasteiger partial charge in [0.05, 0.1) is 19.3 Å². The molecule has 32 heavy (non-hydrogen) atoms. The van der Waals surface area contributed by atoms with E-state index in [1.807, 2.05) is 19.1 Å². The van der Waals surface area contributed by atoms with Crippen LogP contribution >= 0.6 is 0 Å². The lowest BCUT2D eigenvalue weighted by Gasteiger charge is -2.36. The topological polar surface area (TPSA) is 65.1 Å². The van der Waals surface area contributed by atoms with Gasteiger partial charge in [-0.3, -0.25) is 14.5 Å². The number of hydrogen-bond acceptors (Lipinski definition) is 5. The second-order valence-corrected chi connectivity index (χ2v) is 9.36. The van der Waals surface area contributed by atoms with Gasteiger partial charge in [0.25, 0.3) is 0 Å². The molecule has 3 aliphatic rings. The minimum atomic E-state index is -0.205. The van der Waals surface area contributed by atoms with E-state index in [4.69, 9.17) is 4.74 Å². The number of hydrogen-bond donors (Lipinski definition) is 1. The molecule has 0 bridgehead atoms. The van der Waals surface area contributed by atoms with Gasteiger partial charge in [0.15, 0.2) is 0 Å². The van der Waals surface area contributed by atoms with E-state index in [0.717, 1.165) is 89.5 Å². The highest BCUT2D eigenvalue weighted by Gasteiger charge is 2.32. The Balaban J connectivity index is 1.24. The summed E-state index contributed by atoms with van der Waals surface area (Å²) in [6.45, 7) is 8.73. The first-order valence-electron chi connectivity index (χ1n) is 12.4. The summed E-state index contributed by atoms with van der Waals surface area (Å²) in [4.78, 5) is 32.4. The molecule has 1 N–H and O–H groups in total. The number of amides is 2. The van der Waals surface area contributed by atoms with Crippen molar-refractivity contribution in [1.29, 1.82) is 0 Å². The number of benzene rings is 1. The second kappa shape index (κ2) is 11.1. The lowest BCUT2D eigenvalue weighted by molar-refractivity contribution is -0.137. The van der Waals surface area contributed by atoms with Gasteiger partial charge in [0.2, 0.25) is 11.8 Å². The molecule has 0 spiro atoms. The van der Waals surface area contributed by atoms with E-state index in [1.54, 1.807) is 0 Å². The molecule has 3 saturated heterocycles. The second-order valence-electron chi connectivity index (χ2n) is 9.36. The van der Waals surface area contributed by atoms with Crippen LogP contribution in [0.5, 0.6) is 0 Å². The van der Waals surface area contributed by atoms with Crippen molar-refractivity contribution < 1.29 is 14.3 Å². The molecule has 176 valence electrons. The first kappa shape index (κ1) is 23.1. The average Bonchev–Trinajstić information content (AvgIpc) is 3.14. The molecule has 7 heteroatoms. The van der Waals surface area contributed by atoms with Gasteiger partial charge in [-0.15, -0.1) is 0 Å². The molecule has 0 aliphatic carbocycles. The van der Waals surface area contributed by atoms with Crippen LogP contribution < -0.4 is 10.2 Å². The van der Waals surface area contributed by atoms with Crippen LogP contribution in [-0.2, 0) is 14.3 Å². The molecule has 0 radical (unpaired) electrons. The fourth-order valence-electron chi connectivity index (χ4n) is 5.07. The molecule has 3 heterocycles. The van der Waals surface area contributed by atoms with E-state index in [9.17, 15) is 9.59 Å². The van der Waals surface area contributed by atoms with Crippen molar-refractivity contribution in [2.45, 2.75) is 51.5 Å². The largest absolute Gasteiger partial charge is 0.378 e. The number of ether oxygens (including phenoxy) is 1. The first-order chi connectivity index (χ1) is 15.6. The Morgan fingerprint density at radius 2 is 1.53 bits per heavy atom. The van der Waals surface area contributed by atoms with E-state index >= 15 is 0 Å². The van der Waals surface area contributed by atoms with E-state index in [-0.39, 0.29) is 17.9 Å². The van der Waals surface area contributed by atoms with Gasteiger partial charge in [-0.1, -0.05) is 12.8 Å². The Morgan fingerprint density at radius 3 is 2.16 bits per heavy atom. The van der Waals surface area contributed by atoms with Gasteiger partial charge in [-0.05, 0) is 70.0 Å². The summed E-state index contributed by atoms with van der Waals surface area (Å²) in [5.41, 5.74) is 1.99. The highest BCUT2D eigenvalue weighted by molar-refractivity contribution is 5.94. The molecule has 7 nitrogen and oxygen atoms in total. The molecule has 2 amide bonds. The van der Waals surface area contributed by atoms with Crippen molar-refractivity contribution in [2.75, 3.05) is 62.7 Å². The quantitative estimate of drug-likeness (QED) is 0.760. The summed E-state index contributed by atoms with van der Waals surface area (Å²) in [5.74, 6) is 0.470. The monoisotopic (exact) mass is 442 g/mol. The number of nitrogens with zero attached hydrogens (tertiary/aromatic N) is 3. The fourth-order valence-corrected chi connectivity index (χ4v) is 5.07. The number of piperidine rings is 1. The van der Waals surface area contributed by atoms with E-state index in [2.05, 4.69) is 32.1 Å². The summed E-state index contributed by atoms with van der Waals surface area (Å²) in [7, 11) is 0. The SMILES string of the molecule is C[C@H](C(=O)Nc1ccc(N2CCOCC2)cc1)N1CCC(C(=O)N2CCCCCC2)CC1. The van der Waals surface area contributed by atoms with Gasteiger partial charge >= 0.3 is 0 Å². The Bertz CT molecular complexity index is 747. The third-order valence-electron chi connectivity index (χ3n) is 7.23. The third kappa shape index (κ3) is 5.81. The van der Waals surface area contributed by atoms with Gasteiger partial charge in [0, 0.05) is 43.5 Å². The lowest BCUT2D eigenvalue weighted by atomic mass is 9.94. The number of nitrogens with one attached hydrogen (secondary N) is 1. The highest BCUT2D eigenvalue weighted by atomic mass is 16.5. The number of rotatable bonds is 5. The zero-order valence-electron chi connectivity index (χ0n) is 19.4. The zero-order valence-corrected chi connectivity index (χ0v) is 19.4. The molecule has 3 aliphatic heterocycles. The molecule has 3 fully saturated rings. The number of likely N-dealkylation sites (tertiary alicyclic amines) is 2. The minimum Gasteiger partial charge on any atom is -0.378 e. The Labute approximate surface area is 192 Å². The van der Waals surface area contributed by atoms with Gasteiger partial charge in [-0.2, -0.15) is 0 Å². The summed E-state index contributed by atoms with van der Waals surface area (Å²) < 4.78 is 5.41. The zero-order chi connectivity index (χ0) is 22.3. The Kier molecular flexibility index (Phi) is 8.03. The van der Waals surface area contributed by atoms with Gasteiger partial charge in [-0.25, -0.2) is 0 Å². The summed E-state index contributed by atoms with van der Waals surface area (Å²) in [6, 6.07) is 7.86. The van der Waals surface area contributed by atoms with Crippen LogP contribution in [0, 0.1) is 5.92 Å². The maximum atomic E-state index is 12.9. The fraction of sp³-hybridized carbons (Fsp3) is 0.680. The number of carbonyl (C=O) groups excluding carboxylic acids is 2. The third-order valence-corrected chi connectivity index (χ3v) is 7.23. The molecular weight excluding hydrogens is 404 g/mol. The van der Waals surface area contributed by atoms with Crippen molar-refractivity contribution in [3.63, 3.8) is 0 Å². The molecule has 4 rings (SSSR count). The summed E-state index contributed by atoms with van der Waals surface area (Å²) in [5, 5.41) is 3.06. The number of carbonyl (C=O) groups is 2. The van der Waals surface area contributed by atoms with Crippen molar-refractivity contribution in [3.8, 4) is 0 Å². The highest BCUT2D eigenvalue weighted by Crippen LogP contribution is 2.24.